The minimum absolute atomic E-state index is 0.0548. The molecule has 1 aromatic carbocycles. The van der Waals surface area contributed by atoms with Crippen LogP contribution in [0.15, 0.2) is 52.1 Å². The van der Waals surface area contributed by atoms with E-state index in [9.17, 15) is 4.79 Å². The van der Waals surface area contributed by atoms with E-state index < -0.39 is 0 Å². The normalized spacial score (nSPS) is 16.1. The fourth-order valence-electron chi connectivity index (χ4n) is 3.97. The molecule has 0 radical (unpaired) electrons. The predicted octanol–water partition coefficient (Wildman–Crippen LogP) is 2.58. The van der Waals surface area contributed by atoms with E-state index in [4.69, 9.17) is 21.4 Å². The largest absolute Gasteiger partial charge is 0.394 e. The number of aliphatic imine (C=N–C) groups is 1. The van der Waals surface area contributed by atoms with Crippen LogP contribution in [0.1, 0.15) is 25.3 Å². The van der Waals surface area contributed by atoms with Crippen LogP contribution in [0, 0.1) is 5.92 Å². The Balaban J connectivity index is 1.56. The number of aliphatic hydroxyl groups is 1. The molecular weight excluding hydrogens is 464 g/mol. The maximum absolute atomic E-state index is 13.1. The van der Waals surface area contributed by atoms with E-state index in [-0.39, 0.29) is 25.5 Å². The van der Waals surface area contributed by atoms with Gasteiger partial charge in [0.15, 0.2) is 0 Å². The number of aromatic nitrogens is 1. The van der Waals surface area contributed by atoms with Gasteiger partial charge in [-0.05, 0) is 54.6 Å². The van der Waals surface area contributed by atoms with Crippen molar-refractivity contribution >= 4 is 35.5 Å². The average Bonchev–Trinajstić information content (AvgIpc) is 3.00. The molecule has 186 valence electrons. The second-order valence-electron chi connectivity index (χ2n) is 8.64. The molecule has 0 unspecified atom stereocenters. The van der Waals surface area contributed by atoms with Gasteiger partial charge in [-0.2, -0.15) is 0 Å². The van der Waals surface area contributed by atoms with Crippen molar-refractivity contribution in [2.75, 3.05) is 39.4 Å². The molecule has 0 saturated carbocycles. The Bertz CT molecular complexity index is 1120. The lowest BCUT2D eigenvalue weighted by molar-refractivity contribution is -0.185. The highest BCUT2D eigenvalue weighted by molar-refractivity contribution is 7.97. The number of hydrogen-bond acceptors (Lipinski definition) is 9. The van der Waals surface area contributed by atoms with Crippen LogP contribution in [-0.2, 0) is 9.63 Å². The summed E-state index contributed by atoms with van der Waals surface area (Å²) in [7, 11) is 0. The summed E-state index contributed by atoms with van der Waals surface area (Å²) < 4.78 is 2.29. The van der Waals surface area contributed by atoms with E-state index in [1.807, 2.05) is 43.6 Å². The minimum atomic E-state index is -0.271. The molecule has 3 heterocycles. The molecule has 2 aliphatic rings. The quantitative estimate of drug-likeness (QED) is 0.338. The van der Waals surface area contributed by atoms with Gasteiger partial charge in [-0.3, -0.25) is 14.6 Å². The number of hydroxylamine groups is 2. The maximum atomic E-state index is 13.1. The Morgan fingerprint density at radius 1 is 1.29 bits per heavy atom. The maximum Gasteiger partial charge on any atom is 0.273 e. The van der Waals surface area contributed by atoms with Crippen LogP contribution in [0.3, 0.4) is 0 Å². The minimum Gasteiger partial charge on any atom is -0.394 e. The summed E-state index contributed by atoms with van der Waals surface area (Å²) in [5.41, 5.74) is 15.9. The summed E-state index contributed by atoms with van der Waals surface area (Å²) in [6.45, 7) is 4.98. The van der Waals surface area contributed by atoms with Crippen LogP contribution in [0.4, 0.5) is 5.69 Å². The van der Waals surface area contributed by atoms with Crippen LogP contribution in [0.2, 0.25) is 0 Å². The molecule has 1 aromatic heterocycles. The number of carbonyl (C=O) groups excluding carboxylic acids is 1. The molecule has 10 heteroatoms. The lowest BCUT2D eigenvalue weighted by Crippen LogP contribution is -2.45. The SMILES string of the molecule is CCCN(OCCO)C(=O)C1=Cc2ccc(-c3cncc(SN4CC(CN)C4)c3)cc2N=C(N)C1. The zero-order valence-corrected chi connectivity index (χ0v) is 20.7. The number of nitrogens with two attached hydrogens (primary N) is 2. The molecule has 2 aliphatic heterocycles. The van der Waals surface area contributed by atoms with E-state index in [1.165, 1.54) is 5.06 Å². The Labute approximate surface area is 209 Å². The summed E-state index contributed by atoms with van der Waals surface area (Å²) in [6.07, 6.45) is 6.47. The molecule has 2 aromatic rings. The lowest BCUT2D eigenvalue weighted by Gasteiger charge is -2.37. The summed E-state index contributed by atoms with van der Waals surface area (Å²) in [5, 5.41) is 10.4. The second kappa shape index (κ2) is 11.8. The molecule has 0 atom stereocenters. The number of amides is 1. The Morgan fingerprint density at radius 2 is 2.11 bits per heavy atom. The number of rotatable bonds is 10. The first kappa shape index (κ1) is 25.3. The molecule has 0 spiro atoms. The van der Waals surface area contributed by atoms with Crippen LogP contribution >= 0.6 is 11.9 Å². The summed E-state index contributed by atoms with van der Waals surface area (Å²) in [4.78, 5) is 28.6. The highest BCUT2D eigenvalue weighted by atomic mass is 32.2. The van der Waals surface area contributed by atoms with Crippen molar-refractivity contribution in [3.05, 3.63) is 47.8 Å². The molecule has 1 saturated heterocycles. The first-order chi connectivity index (χ1) is 17.0. The van der Waals surface area contributed by atoms with E-state index in [0.717, 1.165) is 47.6 Å². The summed E-state index contributed by atoms with van der Waals surface area (Å²) in [5.74, 6) is 0.660. The zero-order chi connectivity index (χ0) is 24.8. The van der Waals surface area contributed by atoms with Crippen LogP contribution in [0.5, 0.6) is 0 Å². The fraction of sp³-hybridized carbons (Fsp3) is 0.400. The van der Waals surface area contributed by atoms with E-state index in [2.05, 4.69) is 20.3 Å². The Morgan fingerprint density at radius 3 is 2.86 bits per heavy atom. The number of fused-ring (bicyclic) bond motifs is 1. The molecule has 1 fully saturated rings. The monoisotopic (exact) mass is 496 g/mol. The molecule has 4 rings (SSSR count). The molecule has 1 amide bonds. The van der Waals surface area contributed by atoms with Crippen molar-refractivity contribution in [2.24, 2.45) is 22.4 Å². The van der Waals surface area contributed by atoms with Gasteiger partial charge in [0.1, 0.15) is 5.84 Å². The highest BCUT2D eigenvalue weighted by Crippen LogP contribution is 2.35. The number of aliphatic hydroxyl groups excluding tert-OH is 1. The standard InChI is InChI=1S/C25H32N6O3S/c1-2-5-31(34-7-6-32)25(33)20-8-19-4-3-18(10-23(19)29-24(27)11-20)21-9-22(14-28-13-21)35-30-15-17(12-26)16-30/h3-4,8-10,13-14,17,32H,2,5-7,11-12,15-16,26H2,1H3,(H2,27,29). The predicted molar refractivity (Wildman–Crippen MR) is 139 cm³/mol. The van der Waals surface area contributed by atoms with Gasteiger partial charge in [-0.15, -0.1) is 0 Å². The van der Waals surface area contributed by atoms with E-state index >= 15 is 0 Å². The summed E-state index contributed by atoms with van der Waals surface area (Å²) in [6, 6.07) is 8.03. The van der Waals surface area contributed by atoms with Crippen molar-refractivity contribution in [1.82, 2.24) is 14.4 Å². The molecular formula is C25H32N6O3S. The number of carbonyl (C=O) groups is 1. The molecule has 0 aliphatic carbocycles. The molecule has 0 bridgehead atoms. The van der Waals surface area contributed by atoms with Crippen molar-refractivity contribution in [1.29, 1.82) is 0 Å². The highest BCUT2D eigenvalue weighted by Gasteiger charge is 2.26. The fourth-order valence-corrected chi connectivity index (χ4v) is 5.12. The van der Waals surface area contributed by atoms with Crippen LogP contribution in [-0.4, -0.2) is 70.6 Å². The van der Waals surface area contributed by atoms with Gasteiger partial charge in [0.25, 0.3) is 5.91 Å². The van der Waals surface area contributed by atoms with Crippen LogP contribution < -0.4 is 11.5 Å². The molecule has 9 nitrogen and oxygen atoms in total. The Kier molecular flexibility index (Phi) is 8.53. The number of benzene rings is 1. The third kappa shape index (κ3) is 6.28. The smallest absolute Gasteiger partial charge is 0.273 e. The molecule has 35 heavy (non-hydrogen) atoms. The zero-order valence-electron chi connectivity index (χ0n) is 19.9. The number of nitrogens with zero attached hydrogens (tertiary/aromatic N) is 4. The number of pyridine rings is 1. The summed E-state index contributed by atoms with van der Waals surface area (Å²) >= 11 is 1.70. The van der Waals surface area contributed by atoms with Crippen molar-refractivity contribution in [3.8, 4) is 11.1 Å². The van der Waals surface area contributed by atoms with E-state index in [1.54, 1.807) is 11.9 Å². The number of amidine groups is 1. The van der Waals surface area contributed by atoms with Gasteiger partial charge < -0.3 is 16.6 Å². The second-order valence-corrected chi connectivity index (χ2v) is 9.81. The van der Waals surface area contributed by atoms with Crippen molar-refractivity contribution in [3.63, 3.8) is 0 Å². The third-order valence-electron chi connectivity index (χ3n) is 5.80. The van der Waals surface area contributed by atoms with Gasteiger partial charge in [0, 0.05) is 60.0 Å². The first-order valence-corrected chi connectivity index (χ1v) is 12.6. The van der Waals surface area contributed by atoms with Gasteiger partial charge in [-0.1, -0.05) is 19.1 Å². The number of hydrogen-bond donors (Lipinski definition) is 3. The average molecular weight is 497 g/mol. The van der Waals surface area contributed by atoms with Crippen molar-refractivity contribution < 1.29 is 14.7 Å². The first-order valence-electron chi connectivity index (χ1n) is 11.8. The van der Waals surface area contributed by atoms with Gasteiger partial charge in [-0.25, -0.2) is 14.4 Å². The van der Waals surface area contributed by atoms with Crippen LogP contribution in [0.25, 0.3) is 17.2 Å². The van der Waals surface area contributed by atoms with Gasteiger partial charge in [0.2, 0.25) is 0 Å². The Hall–Kier alpha value is -2.76. The third-order valence-corrected chi connectivity index (χ3v) is 6.79. The van der Waals surface area contributed by atoms with Crippen molar-refractivity contribution in [2.45, 2.75) is 24.7 Å². The van der Waals surface area contributed by atoms with Gasteiger partial charge >= 0.3 is 0 Å². The van der Waals surface area contributed by atoms with Gasteiger partial charge in [0.05, 0.1) is 18.9 Å². The lowest BCUT2D eigenvalue weighted by atomic mass is 10.0. The molecule has 5 N–H and O–H groups in total. The topological polar surface area (TPSA) is 130 Å². The van der Waals surface area contributed by atoms with E-state index in [0.29, 0.717) is 29.6 Å².